The lowest BCUT2D eigenvalue weighted by Crippen LogP contribution is -2.33. The van der Waals surface area contributed by atoms with Gasteiger partial charge in [0, 0.05) is 0 Å². The predicted octanol–water partition coefficient (Wildman–Crippen LogP) is -3.20. The van der Waals surface area contributed by atoms with Gasteiger partial charge < -0.3 is 30.9 Å². The van der Waals surface area contributed by atoms with E-state index in [1.807, 2.05) is 0 Å². The van der Waals surface area contributed by atoms with Crippen LogP contribution in [-0.2, 0) is 9.53 Å². The summed E-state index contributed by atoms with van der Waals surface area (Å²) >= 11 is 0. The number of aliphatic hydroxyl groups is 4. The quantitative estimate of drug-likeness (QED) is 0.378. The number of nitrogens with zero attached hydrogens (tertiary/aromatic N) is 3. The third-order valence-electron chi connectivity index (χ3n) is 3.00. The minimum atomic E-state index is -1.30. The van der Waals surface area contributed by atoms with Crippen molar-refractivity contribution in [1.29, 1.82) is 0 Å². The molecule has 1 aromatic heterocycles. The molecule has 5 atom stereocenters. The SMILES string of the molecule is NC(=O)CC(O)c1ncn([C@@H]2O[C@H](CO)C(O)[C@@H]2O)n1. The third-order valence-corrected chi connectivity index (χ3v) is 3.00. The van der Waals surface area contributed by atoms with Crippen molar-refractivity contribution in [3.8, 4) is 0 Å². The van der Waals surface area contributed by atoms with E-state index in [0.29, 0.717) is 0 Å². The van der Waals surface area contributed by atoms with Crippen molar-refractivity contribution in [2.45, 2.75) is 37.1 Å². The molecule has 20 heavy (non-hydrogen) atoms. The first-order valence-electron chi connectivity index (χ1n) is 5.94. The molecule has 10 nitrogen and oxygen atoms in total. The van der Waals surface area contributed by atoms with E-state index in [0.717, 1.165) is 4.68 Å². The van der Waals surface area contributed by atoms with Crippen molar-refractivity contribution in [3.05, 3.63) is 12.2 Å². The lowest BCUT2D eigenvalue weighted by Gasteiger charge is -2.14. The summed E-state index contributed by atoms with van der Waals surface area (Å²) in [5.41, 5.74) is 4.95. The summed E-state index contributed by atoms with van der Waals surface area (Å²) in [4.78, 5) is 14.5. The van der Waals surface area contributed by atoms with Crippen LogP contribution in [-0.4, -0.2) is 66.0 Å². The van der Waals surface area contributed by atoms with Crippen LogP contribution in [0, 0.1) is 0 Å². The molecule has 0 bridgehead atoms. The first-order chi connectivity index (χ1) is 9.43. The van der Waals surface area contributed by atoms with Gasteiger partial charge in [-0.05, 0) is 0 Å². The summed E-state index contributed by atoms with van der Waals surface area (Å²) in [6.45, 7) is -0.458. The van der Waals surface area contributed by atoms with E-state index >= 15 is 0 Å². The number of rotatable bonds is 5. The van der Waals surface area contributed by atoms with E-state index in [1.165, 1.54) is 6.33 Å². The average molecular weight is 288 g/mol. The third kappa shape index (κ3) is 2.78. The molecule has 1 aromatic rings. The highest BCUT2D eigenvalue weighted by atomic mass is 16.6. The van der Waals surface area contributed by atoms with Crippen molar-refractivity contribution in [3.63, 3.8) is 0 Å². The van der Waals surface area contributed by atoms with Crippen LogP contribution in [0.5, 0.6) is 0 Å². The Bertz CT molecular complexity index is 480. The number of hydrogen-bond donors (Lipinski definition) is 5. The van der Waals surface area contributed by atoms with Gasteiger partial charge in [-0.15, -0.1) is 0 Å². The van der Waals surface area contributed by atoms with Crippen LogP contribution in [0.4, 0.5) is 0 Å². The van der Waals surface area contributed by atoms with E-state index < -0.39 is 43.2 Å². The molecular formula is C10H16N4O6. The Morgan fingerprint density at radius 1 is 1.50 bits per heavy atom. The fraction of sp³-hybridized carbons (Fsp3) is 0.700. The van der Waals surface area contributed by atoms with Gasteiger partial charge >= 0.3 is 0 Å². The maximum Gasteiger partial charge on any atom is 0.220 e. The zero-order chi connectivity index (χ0) is 14.9. The molecule has 1 fully saturated rings. The van der Waals surface area contributed by atoms with Crippen LogP contribution >= 0.6 is 0 Å². The number of hydrogen-bond acceptors (Lipinski definition) is 8. The number of carbonyl (C=O) groups excluding carboxylic acids is 1. The number of ether oxygens (including phenoxy) is 1. The molecule has 0 spiro atoms. The van der Waals surface area contributed by atoms with Gasteiger partial charge in [-0.2, -0.15) is 5.10 Å². The maximum absolute atomic E-state index is 10.7. The molecule has 2 heterocycles. The largest absolute Gasteiger partial charge is 0.394 e. The summed E-state index contributed by atoms with van der Waals surface area (Å²) in [5, 5.41) is 41.9. The fourth-order valence-electron chi connectivity index (χ4n) is 1.94. The van der Waals surface area contributed by atoms with Crippen LogP contribution in [0.3, 0.4) is 0 Å². The molecule has 10 heteroatoms. The average Bonchev–Trinajstić information content (AvgIpc) is 2.96. The summed E-state index contributed by atoms with van der Waals surface area (Å²) < 4.78 is 6.33. The fourth-order valence-corrected chi connectivity index (χ4v) is 1.94. The highest BCUT2D eigenvalue weighted by molar-refractivity contribution is 5.74. The molecular weight excluding hydrogens is 272 g/mol. The second kappa shape index (κ2) is 5.81. The van der Waals surface area contributed by atoms with Crippen molar-refractivity contribution < 1.29 is 30.0 Å². The lowest BCUT2D eigenvalue weighted by atomic mass is 10.1. The topological polar surface area (TPSA) is 164 Å². The monoisotopic (exact) mass is 288 g/mol. The van der Waals surface area contributed by atoms with Gasteiger partial charge in [0.15, 0.2) is 12.1 Å². The molecule has 0 radical (unpaired) electrons. The molecule has 6 N–H and O–H groups in total. The molecule has 2 unspecified atom stereocenters. The van der Waals surface area contributed by atoms with Gasteiger partial charge in [0.25, 0.3) is 0 Å². The van der Waals surface area contributed by atoms with Gasteiger partial charge in [-0.1, -0.05) is 0 Å². The second-order valence-electron chi connectivity index (χ2n) is 4.50. The number of aliphatic hydroxyl groups excluding tert-OH is 4. The highest BCUT2D eigenvalue weighted by Gasteiger charge is 2.44. The van der Waals surface area contributed by atoms with E-state index in [4.69, 9.17) is 15.6 Å². The van der Waals surface area contributed by atoms with Crippen molar-refractivity contribution >= 4 is 5.91 Å². The van der Waals surface area contributed by atoms with E-state index in [1.54, 1.807) is 0 Å². The minimum Gasteiger partial charge on any atom is -0.394 e. The summed E-state index contributed by atoms with van der Waals surface area (Å²) in [6.07, 6.45) is -4.93. The zero-order valence-electron chi connectivity index (χ0n) is 10.4. The molecule has 2 rings (SSSR count). The molecule has 1 amide bonds. The Labute approximate surface area is 113 Å². The van der Waals surface area contributed by atoms with Gasteiger partial charge in [0.1, 0.15) is 30.7 Å². The summed E-state index contributed by atoms with van der Waals surface area (Å²) in [7, 11) is 0. The van der Waals surface area contributed by atoms with Gasteiger partial charge in [0.2, 0.25) is 5.91 Å². The number of primary amides is 1. The smallest absolute Gasteiger partial charge is 0.220 e. The van der Waals surface area contributed by atoms with Crippen LogP contribution in [0.25, 0.3) is 0 Å². The van der Waals surface area contributed by atoms with Crippen molar-refractivity contribution in [1.82, 2.24) is 14.8 Å². The second-order valence-corrected chi connectivity index (χ2v) is 4.50. The van der Waals surface area contributed by atoms with Gasteiger partial charge in [-0.3, -0.25) is 4.79 Å². The Hall–Kier alpha value is -1.59. The maximum atomic E-state index is 10.7. The Kier molecular flexibility index (Phi) is 4.30. The summed E-state index contributed by atoms with van der Waals surface area (Å²) in [5.74, 6) is -0.761. The van der Waals surface area contributed by atoms with Gasteiger partial charge in [-0.25, -0.2) is 9.67 Å². The van der Waals surface area contributed by atoms with Crippen LogP contribution in [0.2, 0.25) is 0 Å². The van der Waals surface area contributed by atoms with Gasteiger partial charge in [0.05, 0.1) is 13.0 Å². The molecule has 1 aliphatic heterocycles. The molecule has 0 aromatic carbocycles. The minimum absolute atomic E-state index is 0.0541. The van der Waals surface area contributed by atoms with Crippen molar-refractivity contribution in [2.75, 3.05) is 6.61 Å². The first kappa shape index (κ1) is 14.8. The lowest BCUT2D eigenvalue weighted by molar-refractivity contribution is -0.120. The van der Waals surface area contributed by atoms with E-state index in [-0.39, 0.29) is 12.2 Å². The van der Waals surface area contributed by atoms with Crippen LogP contribution in [0.1, 0.15) is 24.6 Å². The molecule has 1 aliphatic rings. The van der Waals surface area contributed by atoms with E-state index in [9.17, 15) is 20.1 Å². The predicted molar refractivity (Wildman–Crippen MR) is 61.8 cm³/mol. The molecule has 1 saturated heterocycles. The highest BCUT2D eigenvalue weighted by Crippen LogP contribution is 2.28. The molecule has 0 saturated carbocycles. The standard InChI is InChI=1S/C10H16N4O6/c11-6(17)1-4(16)9-12-3-14(13-9)10-8(19)7(18)5(2-15)20-10/h3-5,7-8,10,15-16,18-19H,1-2H2,(H2,11,17)/t4?,5-,7?,8+,10-/m1/s1. The van der Waals surface area contributed by atoms with Crippen LogP contribution in [0.15, 0.2) is 6.33 Å². The number of nitrogens with two attached hydrogens (primary N) is 1. The van der Waals surface area contributed by atoms with Crippen molar-refractivity contribution in [2.24, 2.45) is 5.73 Å². The van der Waals surface area contributed by atoms with E-state index in [2.05, 4.69) is 10.1 Å². The Morgan fingerprint density at radius 2 is 2.20 bits per heavy atom. The Morgan fingerprint density at radius 3 is 2.75 bits per heavy atom. The number of aromatic nitrogens is 3. The molecule has 112 valence electrons. The Balaban J connectivity index is 2.11. The number of amides is 1. The summed E-state index contributed by atoms with van der Waals surface area (Å²) in [6, 6.07) is 0. The zero-order valence-corrected chi connectivity index (χ0v) is 10.4. The first-order valence-corrected chi connectivity index (χ1v) is 5.94. The van der Waals surface area contributed by atoms with Crippen LogP contribution < -0.4 is 5.73 Å². The molecule has 0 aliphatic carbocycles. The normalized spacial score (nSPS) is 31.4. The number of carbonyl (C=O) groups is 1.